The van der Waals surface area contributed by atoms with E-state index in [1.54, 1.807) is 19.3 Å². The highest BCUT2D eigenvalue weighted by molar-refractivity contribution is 5.93. The smallest absolute Gasteiger partial charge is 0.245 e. The molecule has 162 valence electrons. The Labute approximate surface area is 181 Å². The fourth-order valence-electron chi connectivity index (χ4n) is 2.99. The average molecular weight is 422 g/mol. The first-order valence-electron chi connectivity index (χ1n) is 10.2. The Bertz CT molecular complexity index is 1040. The standard InChI is InChI=1S/C23H27N5O3/c1-15(2)17-5-7-18(8-6-17)23-26-21(31-27-23)9-10-22(30)28(4)14-20(29)25-19-13-16(3)11-12-24-19/h5-8,11-13,15H,9-10,14H2,1-4H3,(H,24,25,29). The van der Waals surface area contributed by atoms with Crippen molar-refractivity contribution in [2.45, 2.75) is 39.5 Å². The third kappa shape index (κ3) is 6.21. The van der Waals surface area contributed by atoms with Crippen LogP contribution in [-0.2, 0) is 16.0 Å². The van der Waals surface area contributed by atoms with Gasteiger partial charge < -0.3 is 14.7 Å². The first kappa shape index (κ1) is 22.1. The Hall–Kier alpha value is -3.55. The number of aryl methyl sites for hydroxylation is 2. The van der Waals surface area contributed by atoms with Crippen LogP contribution in [-0.4, -0.2) is 45.4 Å². The molecule has 0 radical (unpaired) electrons. The predicted octanol–water partition coefficient (Wildman–Crippen LogP) is 3.59. The molecule has 0 atom stereocenters. The number of anilines is 1. The molecule has 1 N–H and O–H groups in total. The van der Waals surface area contributed by atoms with E-state index in [0.29, 0.717) is 29.9 Å². The Kier molecular flexibility index (Phi) is 7.12. The van der Waals surface area contributed by atoms with Crippen LogP contribution in [0.2, 0.25) is 0 Å². The molecule has 2 heterocycles. The minimum atomic E-state index is -0.307. The number of rotatable bonds is 8. The molecule has 1 aromatic carbocycles. The van der Waals surface area contributed by atoms with Crippen LogP contribution in [0.25, 0.3) is 11.4 Å². The molecule has 2 aromatic heterocycles. The fraction of sp³-hybridized carbons (Fsp3) is 0.348. The number of nitrogens with one attached hydrogen (secondary N) is 1. The van der Waals surface area contributed by atoms with E-state index in [4.69, 9.17) is 4.52 Å². The van der Waals surface area contributed by atoms with Gasteiger partial charge in [0.05, 0.1) is 6.54 Å². The van der Waals surface area contributed by atoms with Crippen molar-refractivity contribution in [3.8, 4) is 11.4 Å². The van der Waals surface area contributed by atoms with Crippen LogP contribution in [0.15, 0.2) is 47.1 Å². The molecule has 0 fully saturated rings. The maximum Gasteiger partial charge on any atom is 0.245 e. The molecule has 0 bridgehead atoms. The van der Waals surface area contributed by atoms with Crippen LogP contribution in [0, 0.1) is 6.92 Å². The van der Waals surface area contributed by atoms with Gasteiger partial charge in [0.15, 0.2) is 0 Å². The van der Waals surface area contributed by atoms with Crippen molar-refractivity contribution in [2.75, 3.05) is 18.9 Å². The summed E-state index contributed by atoms with van der Waals surface area (Å²) in [6, 6.07) is 11.6. The number of hydrogen-bond acceptors (Lipinski definition) is 6. The van der Waals surface area contributed by atoms with Crippen LogP contribution in [0.1, 0.15) is 43.2 Å². The van der Waals surface area contributed by atoms with Crippen molar-refractivity contribution in [2.24, 2.45) is 0 Å². The minimum Gasteiger partial charge on any atom is -0.339 e. The molecule has 0 aliphatic rings. The summed E-state index contributed by atoms with van der Waals surface area (Å²) in [6.45, 7) is 6.12. The highest BCUT2D eigenvalue weighted by atomic mass is 16.5. The van der Waals surface area contributed by atoms with Crippen LogP contribution >= 0.6 is 0 Å². The lowest BCUT2D eigenvalue weighted by molar-refractivity contribution is -0.133. The largest absolute Gasteiger partial charge is 0.339 e. The monoisotopic (exact) mass is 421 g/mol. The number of likely N-dealkylation sites (N-methyl/N-ethyl adjacent to an activating group) is 1. The van der Waals surface area contributed by atoms with Gasteiger partial charge in [0.1, 0.15) is 5.82 Å². The molecule has 31 heavy (non-hydrogen) atoms. The van der Waals surface area contributed by atoms with Crippen molar-refractivity contribution in [1.29, 1.82) is 0 Å². The van der Waals surface area contributed by atoms with Gasteiger partial charge in [-0.25, -0.2) is 4.98 Å². The lowest BCUT2D eigenvalue weighted by Gasteiger charge is -2.16. The normalized spacial score (nSPS) is 10.9. The van der Waals surface area contributed by atoms with Gasteiger partial charge in [-0.05, 0) is 36.1 Å². The summed E-state index contributed by atoms with van der Waals surface area (Å²) in [5, 5.41) is 6.69. The molecule has 0 aliphatic carbocycles. The fourth-order valence-corrected chi connectivity index (χ4v) is 2.99. The first-order valence-corrected chi connectivity index (χ1v) is 10.2. The molecule has 0 unspecified atom stereocenters. The molecule has 8 heteroatoms. The number of pyridine rings is 1. The zero-order chi connectivity index (χ0) is 22.4. The van der Waals surface area contributed by atoms with E-state index in [-0.39, 0.29) is 24.8 Å². The summed E-state index contributed by atoms with van der Waals surface area (Å²) >= 11 is 0. The number of aromatic nitrogens is 3. The zero-order valence-corrected chi connectivity index (χ0v) is 18.3. The van der Waals surface area contributed by atoms with E-state index in [9.17, 15) is 9.59 Å². The van der Waals surface area contributed by atoms with Crippen molar-refractivity contribution in [1.82, 2.24) is 20.0 Å². The highest BCUT2D eigenvalue weighted by Gasteiger charge is 2.16. The third-order valence-electron chi connectivity index (χ3n) is 4.85. The maximum atomic E-state index is 12.4. The second-order valence-corrected chi connectivity index (χ2v) is 7.80. The molecule has 0 spiro atoms. The molecule has 2 amide bonds. The van der Waals surface area contributed by atoms with Gasteiger partial charge in [-0.1, -0.05) is 43.3 Å². The predicted molar refractivity (Wildman–Crippen MR) is 117 cm³/mol. The summed E-state index contributed by atoms with van der Waals surface area (Å²) in [6.07, 6.45) is 2.10. The van der Waals surface area contributed by atoms with Gasteiger partial charge in [0, 0.05) is 31.6 Å². The van der Waals surface area contributed by atoms with E-state index in [2.05, 4.69) is 34.3 Å². The molecule has 3 aromatic rings. The summed E-state index contributed by atoms with van der Waals surface area (Å²) in [5.74, 6) is 1.31. The average Bonchev–Trinajstić information content (AvgIpc) is 3.21. The number of nitrogens with zero attached hydrogens (tertiary/aromatic N) is 4. The lowest BCUT2D eigenvalue weighted by Crippen LogP contribution is -2.35. The van der Waals surface area contributed by atoms with Gasteiger partial charge in [-0.15, -0.1) is 0 Å². The number of hydrogen-bond donors (Lipinski definition) is 1. The third-order valence-corrected chi connectivity index (χ3v) is 4.85. The number of carbonyl (C=O) groups excluding carboxylic acids is 2. The molecular formula is C23H27N5O3. The Balaban J connectivity index is 1.49. The van der Waals surface area contributed by atoms with Gasteiger partial charge in [0.2, 0.25) is 23.5 Å². The Morgan fingerprint density at radius 2 is 1.90 bits per heavy atom. The van der Waals surface area contributed by atoms with E-state index in [0.717, 1.165) is 11.1 Å². The number of carbonyl (C=O) groups is 2. The van der Waals surface area contributed by atoms with Gasteiger partial charge >= 0.3 is 0 Å². The Morgan fingerprint density at radius 1 is 1.16 bits per heavy atom. The van der Waals surface area contributed by atoms with Crippen molar-refractivity contribution in [3.05, 3.63) is 59.6 Å². The maximum absolute atomic E-state index is 12.4. The van der Waals surface area contributed by atoms with Crippen LogP contribution < -0.4 is 5.32 Å². The molecule has 0 aliphatic heterocycles. The summed E-state index contributed by atoms with van der Waals surface area (Å²) < 4.78 is 5.28. The van der Waals surface area contributed by atoms with E-state index >= 15 is 0 Å². The number of amides is 2. The second-order valence-electron chi connectivity index (χ2n) is 7.80. The van der Waals surface area contributed by atoms with E-state index in [1.165, 1.54) is 10.5 Å². The SMILES string of the molecule is Cc1ccnc(NC(=O)CN(C)C(=O)CCc2nc(-c3ccc(C(C)C)cc3)no2)c1. The summed E-state index contributed by atoms with van der Waals surface area (Å²) in [4.78, 5) is 34.4. The van der Waals surface area contributed by atoms with Crippen LogP contribution in [0.5, 0.6) is 0 Å². The Morgan fingerprint density at radius 3 is 2.58 bits per heavy atom. The van der Waals surface area contributed by atoms with Crippen LogP contribution in [0.4, 0.5) is 5.82 Å². The number of benzene rings is 1. The van der Waals surface area contributed by atoms with Crippen molar-refractivity contribution >= 4 is 17.6 Å². The van der Waals surface area contributed by atoms with Crippen molar-refractivity contribution in [3.63, 3.8) is 0 Å². The highest BCUT2D eigenvalue weighted by Crippen LogP contribution is 2.20. The van der Waals surface area contributed by atoms with Gasteiger partial charge in [-0.3, -0.25) is 9.59 Å². The van der Waals surface area contributed by atoms with Gasteiger partial charge in [-0.2, -0.15) is 4.98 Å². The van der Waals surface area contributed by atoms with Gasteiger partial charge in [0.25, 0.3) is 0 Å². The minimum absolute atomic E-state index is 0.0638. The molecule has 0 saturated heterocycles. The summed E-state index contributed by atoms with van der Waals surface area (Å²) in [7, 11) is 1.58. The van der Waals surface area contributed by atoms with Crippen LogP contribution in [0.3, 0.4) is 0 Å². The van der Waals surface area contributed by atoms with E-state index < -0.39 is 0 Å². The zero-order valence-electron chi connectivity index (χ0n) is 18.3. The molecule has 3 rings (SSSR count). The quantitative estimate of drug-likeness (QED) is 0.596. The topological polar surface area (TPSA) is 101 Å². The molecular weight excluding hydrogens is 394 g/mol. The molecule has 8 nitrogen and oxygen atoms in total. The lowest BCUT2D eigenvalue weighted by atomic mass is 10.0. The first-order chi connectivity index (χ1) is 14.8. The summed E-state index contributed by atoms with van der Waals surface area (Å²) in [5.41, 5.74) is 3.09. The second kappa shape index (κ2) is 9.97. The molecule has 0 saturated carbocycles. The van der Waals surface area contributed by atoms with E-state index in [1.807, 2.05) is 37.3 Å². The van der Waals surface area contributed by atoms with Crippen molar-refractivity contribution < 1.29 is 14.1 Å².